The van der Waals surface area contributed by atoms with Gasteiger partial charge in [-0.3, -0.25) is 9.78 Å². The summed E-state index contributed by atoms with van der Waals surface area (Å²) in [5.41, 5.74) is 6.39. The van der Waals surface area contributed by atoms with E-state index < -0.39 is 0 Å². The average molecular weight is 358 g/mol. The highest BCUT2D eigenvalue weighted by Gasteiger charge is 2.09. The Bertz CT molecular complexity index is 917. The van der Waals surface area contributed by atoms with Crippen molar-refractivity contribution >= 4 is 11.6 Å². The highest BCUT2D eigenvalue weighted by Crippen LogP contribution is 2.22. The Hall–Kier alpha value is -2.94. The molecule has 27 heavy (non-hydrogen) atoms. The number of anilines is 1. The van der Waals surface area contributed by atoms with Gasteiger partial charge in [-0.1, -0.05) is 38.1 Å². The molecule has 1 aromatic heterocycles. The fourth-order valence-electron chi connectivity index (χ4n) is 3.31. The number of pyridine rings is 1. The zero-order chi connectivity index (χ0) is 19.2. The standard InChI is InChI=1S/C24H26N2O/c1-17(2)23-12-11-22(14-18(23)3)26-24(27)21-8-4-6-19(15-21)9-10-20-7-5-13-25-16-20/h4-8,11-17H,9-10H2,1-3H3,(H,26,27). The van der Waals surface area contributed by atoms with E-state index in [0.717, 1.165) is 24.1 Å². The fraction of sp³-hybridized carbons (Fsp3) is 0.250. The molecule has 0 fully saturated rings. The predicted molar refractivity (Wildman–Crippen MR) is 111 cm³/mol. The number of rotatable bonds is 6. The van der Waals surface area contributed by atoms with Crippen LogP contribution in [-0.4, -0.2) is 10.9 Å². The molecule has 1 amide bonds. The summed E-state index contributed by atoms with van der Waals surface area (Å²) >= 11 is 0. The molecule has 0 aliphatic rings. The number of aromatic nitrogens is 1. The van der Waals surface area contributed by atoms with Gasteiger partial charge in [0.05, 0.1) is 0 Å². The van der Waals surface area contributed by atoms with E-state index >= 15 is 0 Å². The third kappa shape index (κ3) is 5.04. The van der Waals surface area contributed by atoms with Gasteiger partial charge in [-0.25, -0.2) is 0 Å². The molecule has 138 valence electrons. The van der Waals surface area contributed by atoms with Crippen molar-refractivity contribution in [1.29, 1.82) is 0 Å². The Balaban J connectivity index is 1.67. The largest absolute Gasteiger partial charge is 0.322 e. The minimum Gasteiger partial charge on any atom is -0.322 e. The van der Waals surface area contributed by atoms with Gasteiger partial charge in [0, 0.05) is 23.6 Å². The summed E-state index contributed by atoms with van der Waals surface area (Å²) < 4.78 is 0. The van der Waals surface area contributed by atoms with E-state index in [1.165, 1.54) is 16.7 Å². The first-order valence-electron chi connectivity index (χ1n) is 9.42. The van der Waals surface area contributed by atoms with Gasteiger partial charge in [-0.2, -0.15) is 0 Å². The molecule has 1 heterocycles. The molecule has 1 N–H and O–H groups in total. The second kappa shape index (κ2) is 8.63. The zero-order valence-corrected chi connectivity index (χ0v) is 16.2. The van der Waals surface area contributed by atoms with Gasteiger partial charge in [-0.05, 0) is 78.3 Å². The van der Waals surface area contributed by atoms with Crippen molar-refractivity contribution in [3.63, 3.8) is 0 Å². The fourth-order valence-corrected chi connectivity index (χ4v) is 3.31. The van der Waals surface area contributed by atoms with Crippen LogP contribution in [0.25, 0.3) is 0 Å². The van der Waals surface area contributed by atoms with Crippen molar-refractivity contribution in [2.24, 2.45) is 0 Å². The Morgan fingerprint density at radius 3 is 2.48 bits per heavy atom. The third-order valence-electron chi connectivity index (χ3n) is 4.76. The zero-order valence-electron chi connectivity index (χ0n) is 16.2. The van der Waals surface area contributed by atoms with Crippen LogP contribution in [-0.2, 0) is 12.8 Å². The van der Waals surface area contributed by atoms with Crippen LogP contribution in [0.15, 0.2) is 67.0 Å². The lowest BCUT2D eigenvalue weighted by atomic mass is 9.97. The van der Waals surface area contributed by atoms with Gasteiger partial charge in [0.1, 0.15) is 0 Å². The Labute approximate surface area is 161 Å². The smallest absolute Gasteiger partial charge is 0.255 e. The lowest BCUT2D eigenvalue weighted by Crippen LogP contribution is -2.12. The third-order valence-corrected chi connectivity index (χ3v) is 4.76. The molecule has 0 bridgehead atoms. The summed E-state index contributed by atoms with van der Waals surface area (Å²) in [4.78, 5) is 16.8. The quantitative estimate of drug-likeness (QED) is 0.627. The Kier molecular flexibility index (Phi) is 6.02. The van der Waals surface area contributed by atoms with Crippen LogP contribution < -0.4 is 5.32 Å². The van der Waals surface area contributed by atoms with Crippen LogP contribution in [0.5, 0.6) is 0 Å². The van der Waals surface area contributed by atoms with Crippen LogP contribution in [0, 0.1) is 6.92 Å². The van der Waals surface area contributed by atoms with E-state index in [4.69, 9.17) is 0 Å². The molecule has 0 radical (unpaired) electrons. The number of carbonyl (C=O) groups excluding carboxylic acids is 1. The second-order valence-electron chi connectivity index (χ2n) is 7.24. The van der Waals surface area contributed by atoms with Gasteiger partial charge in [0.15, 0.2) is 0 Å². The first-order valence-corrected chi connectivity index (χ1v) is 9.42. The SMILES string of the molecule is Cc1cc(NC(=O)c2cccc(CCc3cccnc3)c2)ccc1C(C)C. The van der Waals surface area contributed by atoms with E-state index in [0.29, 0.717) is 11.5 Å². The molecule has 0 atom stereocenters. The number of hydrogen-bond donors (Lipinski definition) is 1. The highest BCUT2D eigenvalue weighted by molar-refractivity contribution is 6.04. The van der Waals surface area contributed by atoms with Crippen LogP contribution in [0.1, 0.15) is 52.4 Å². The van der Waals surface area contributed by atoms with E-state index in [-0.39, 0.29) is 5.91 Å². The lowest BCUT2D eigenvalue weighted by Gasteiger charge is -2.12. The number of carbonyl (C=O) groups is 1. The molecule has 3 heteroatoms. The number of nitrogens with one attached hydrogen (secondary N) is 1. The van der Waals surface area contributed by atoms with Crippen LogP contribution in [0.4, 0.5) is 5.69 Å². The van der Waals surface area contributed by atoms with Crippen LogP contribution in [0.3, 0.4) is 0 Å². The maximum absolute atomic E-state index is 12.6. The van der Waals surface area contributed by atoms with E-state index in [2.05, 4.69) is 49.3 Å². The summed E-state index contributed by atoms with van der Waals surface area (Å²) in [6, 6.07) is 18.0. The molecule has 0 spiro atoms. The van der Waals surface area contributed by atoms with Crippen LogP contribution in [0.2, 0.25) is 0 Å². The molecule has 0 aliphatic carbocycles. The van der Waals surface area contributed by atoms with Crippen molar-refractivity contribution in [2.45, 2.75) is 39.5 Å². The molecule has 0 aliphatic heterocycles. The molecule has 3 nitrogen and oxygen atoms in total. The van der Waals surface area contributed by atoms with Gasteiger partial charge >= 0.3 is 0 Å². The number of benzene rings is 2. The van der Waals surface area contributed by atoms with Gasteiger partial charge in [-0.15, -0.1) is 0 Å². The Morgan fingerprint density at radius 1 is 1.00 bits per heavy atom. The summed E-state index contributed by atoms with van der Waals surface area (Å²) in [7, 11) is 0. The maximum Gasteiger partial charge on any atom is 0.255 e. The van der Waals surface area contributed by atoms with Crippen molar-refractivity contribution in [1.82, 2.24) is 4.98 Å². The minimum absolute atomic E-state index is 0.0741. The van der Waals surface area contributed by atoms with Crippen molar-refractivity contribution in [2.75, 3.05) is 5.32 Å². The van der Waals surface area contributed by atoms with Crippen molar-refractivity contribution < 1.29 is 4.79 Å². The van der Waals surface area contributed by atoms with Gasteiger partial charge < -0.3 is 5.32 Å². The minimum atomic E-state index is -0.0741. The molecule has 0 saturated heterocycles. The lowest BCUT2D eigenvalue weighted by molar-refractivity contribution is 0.102. The monoisotopic (exact) mass is 358 g/mol. The summed E-state index contributed by atoms with van der Waals surface area (Å²) in [5.74, 6) is 0.404. The van der Waals surface area contributed by atoms with E-state index in [1.54, 1.807) is 6.20 Å². The topological polar surface area (TPSA) is 42.0 Å². The predicted octanol–water partition coefficient (Wildman–Crippen LogP) is 5.55. The molecule has 3 rings (SSSR count). The Morgan fingerprint density at radius 2 is 1.78 bits per heavy atom. The van der Waals surface area contributed by atoms with Crippen molar-refractivity contribution in [3.8, 4) is 0 Å². The van der Waals surface area contributed by atoms with Crippen LogP contribution >= 0.6 is 0 Å². The van der Waals surface area contributed by atoms with E-state index in [1.807, 2.05) is 42.6 Å². The van der Waals surface area contributed by atoms with Gasteiger partial charge in [0.25, 0.3) is 5.91 Å². The molecule has 0 saturated carbocycles. The summed E-state index contributed by atoms with van der Waals surface area (Å²) in [5, 5.41) is 3.02. The number of aryl methyl sites for hydroxylation is 3. The first kappa shape index (κ1) is 18.8. The first-order chi connectivity index (χ1) is 13.0. The number of hydrogen-bond acceptors (Lipinski definition) is 2. The maximum atomic E-state index is 12.6. The second-order valence-corrected chi connectivity index (χ2v) is 7.24. The molecular weight excluding hydrogens is 332 g/mol. The molecule has 0 unspecified atom stereocenters. The number of amides is 1. The molecule has 2 aromatic carbocycles. The van der Waals surface area contributed by atoms with Gasteiger partial charge in [0.2, 0.25) is 0 Å². The number of nitrogens with zero attached hydrogens (tertiary/aromatic N) is 1. The summed E-state index contributed by atoms with van der Waals surface area (Å²) in [6.07, 6.45) is 5.47. The molecular formula is C24H26N2O. The average Bonchev–Trinajstić information content (AvgIpc) is 2.67. The summed E-state index contributed by atoms with van der Waals surface area (Å²) in [6.45, 7) is 6.44. The highest BCUT2D eigenvalue weighted by atomic mass is 16.1. The normalized spacial score (nSPS) is 10.8. The van der Waals surface area contributed by atoms with Crippen molar-refractivity contribution in [3.05, 3.63) is 94.8 Å². The van der Waals surface area contributed by atoms with E-state index in [9.17, 15) is 4.79 Å². The molecule has 3 aromatic rings.